The summed E-state index contributed by atoms with van der Waals surface area (Å²) in [5.41, 5.74) is -5.37. The van der Waals surface area contributed by atoms with Gasteiger partial charge in [-0.3, -0.25) is 0 Å². The van der Waals surface area contributed by atoms with E-state index in [1.165, 1.54) is 32.1 Å². The third-order valence-corrected chi connectivity index (χ3v) is 6.41. The third kappa shape index (κ3) is 4.57. The molecule has 0 aliphatic heterocycles. The highest BCUT2D eigenvalue weighted by Crippen LogP contribution is 2.48. The average Bonchev–Trinajstić information content (AvgIpc) is 3.25. The van der Waals surface area contributed by atoms with E-state index in [0.29, 0.717) is 20.7 Å². The predicted octanol–water partition coefficient (Wildman–Crippen LogP) is 7.75. The van der Waals surface area contributed by atoms with Gasteiger partial charge in [-0.1, -0.05) is 60.2 Å². The highest BCUT2D eigenvalue weighted by molar-refractivity contribution is 6.32. The molecule has 3 nitrogen and oxygen atoms in total. The number of hydrogen-bond acceptors (Lipinski definition) is 2. The van der Waals surface area contributed by atoms with Gasteiger partial charge in [0.05, 0.1) is 11.3 Å². The van der Waals surface area contributed by atoms with Crippen molar-refractivity contribution in [2.24, 2.45) is 0 Å². The molecule has 1 aliphatic rings. The van der Waals surface area contributed by atoms with Gasteiger partial charge in [0.2, 0.25) is 0 Å². The normalized spacial score (nSPS) is 18.9. The number of alkyl halides is 6. The van der Waals surface area contributed by atoms with Crippen LogP contribution < -0.4 is 0 Å². The third-order valence-electron chi connectivity index (χ3n) is 6.08. The molecule has 0 fully saturated rings. The summed E-state index contributed by atoms with van der Waals surface area (Å²) in [5.74, 6) is -0.559. The lowest BCUT2D eigenvalue weighted by Crippen LogP contribution is -2.46. The molecule has 0 saturated heterocycles. The van der Waals surface area contributed by atoms with Gasteiger partial charge < -0.3 is 9.67 Å². The largest absolute Gasteiger partial charge is 0.417 e. The van der Waals surface area contributed by atoms with Crippen molar-refractivity contribution in [2.75, 3.05) is 0 Å². The van der Waals surface area contributed by atoms with Gasteiger partial charge in [-0.15, -0.1) is 0 Å². The van der Waals surface area contributed by atoms with E-state index in [4.69, 9.17) is 11.6 Å². The first kappa shape index (κ1) is 26.0. The Hall–Kier alpha value is -3.04. The SMILES string of the molecule is CC(C)(O)c1cn(C2(C(F)(F)F)C=CC(c3ccccc3Cl)=CC2)c(-c2ccccc2C(F)(F)F)n1. The molecular weight excluding hydrogens is 506 g/mol. The summed E-state index contributed by atoms with van der Waals surface area (Å²) < 4.78 is 86.5. The molecule has 10 heteroatoms. The van der Waals surface area contributed by atoms with Crippen LogP contribution in [-0.2, 0) is 17.3 Å². The van der Waals surface area contributed by atoms with E-state index >= 15 is 0 Å². The Morgan fingerprint density at radius 1 is 0.944 bits per heavy atom. The molecule has 0 amide bonds. The number of aliphatic hydroxyl groups is 1. The van der Waals surface area contributed by atoms with Gasteiger partial charge in [-0.2, -0.15) is 26.3 Å². The van der Waals surface area contributed by atoms with Crippen molar-refractivity contribution in [1.82, 2.24) is 9.55 Å². The number of allylic oxidation sites excluding steroid dienone is 4. The summed E-state index contributed by atoms with van der Waals surface area (Å²) in [5, 5.41) is 10.8. The Balaban J connectivity index is 1.96. The molecule has 3 aromatic rings. The molecule has 1 heterocycles. The molecule has 1 atom stereocenters. The molecule has 2 aromatic carbocycles. The number of rotatable bonds is 4. The van der Waals surface area contributed by atoms with Crippen LogP contribution in [0.4, 0.5) is 26.3 Å². The van der Waals surface area contributed by atoms with Crippen LogP contribution in [0.5, 0.6) is 0 Å². The van der Waals surface area contributed by atoms with E-state index in [0.717, 1.165) is 30.5 Å². The highest BCUT2D eigenvalue weighted by atomic mass is 35.5. The zero-order valence-corrected chi connectivity index (χ0v) is 19.9. The quantitative estimate of drug-likeness (QED) is 0.353. The van der Waals surface area contributed by atoms with Gasteiger partial charge in [0.1, 0.15) is 11.4 Å². The second-order valence-corrected chi connectivity index (χ2v) is 9.43. The minimum absolute atomic E-state index is 0.201. The second-order valence-electron chi connectivity index (χ2n) is 9.02. The van der Waals surface area contributed by atoms with E-state index in [9.17, 15) is 31.4 Å². The Morgan fingerprint density at radius 3 is 2.08 bits per heavy atom. The summed E-state index contributed by atoms with van der Waals surface area (Å²) in [4.78, 5) is 4.09. The van der Waals surface area contributed by atoms with Crippen molar-refractivity contribution >= 4 is 17.2 Å². The van der Waals surface area contributed by atoms with Crippen LogP contribution in [0.15, 0.2) is 73.0 Å². The van der Waals surface area contributed by atoms with E-state index in [-0.39, 0.29) is 5.69 Å². The van der Waals surface area contributed by atoms with Crippen LogP contribution in [0.1, 0.15) is 37.1 Å². The van der Waals surface area contributed by atoms with Gasteiger partial charge in [0.15, 0.2) is 5.54 Å². The molecule has 0 bridgehead atoms. The van der Waals surface area contributed by atoms with Crippen molar-refractivity contribution in [1.29, 1.82) is 0 Å². The zero-order valence-electron chi connectivity index (χ0n) is 19.1. The van der Waals surface area contributed by atoms with Crippen LogP contribution in [0.2, 0.25) is 5.02 Å². The standard InChI is InChI=1S/C26H21ClF6N2O/c1-23(2,36)21-15-35(22(34-21)18-8-3-5-9-19(18)25(28,29)30)24(26(31,32)33)13-11-16(12-14-24)17-7-4-6-10-20(17)27/h3-13,15,36H,14H2,1-2H3. The first-order valence-electron chi connectivity index (χ1n) is 10.9. The first-order chi connectivity index (χ1) is 16.6. The lowest BCUT2D eigenvalue weighted by atomic mass is 9.85. The molecule has 1 unspecified atom stereocenters. The smallest absolute Gasteiger partial charge is 0.384 e. The number of nitrogens with zero attached hydrogens (tertiary/aromatic N) is 2. The molecule has 0 spiro atoms. The Morgan fingerprint density at radius 2 is 1.56 bits per heavy atom. The molecule has 0 radical (unpaired) electrons. The van der Waals surface area contributed by atoms with Gasteiger partial charge in [-0.25, -0.2) is 4.98 Å². The topological polar surface area (TPSA) is 38.0 Å². The van der Waals surface area contributed by atoms with Crippen LogP contribution in [-0.4, -0.2) is 20.8 Å². The highest BCUT2D eigenvalue weighted by Gasteiger charge is 2.56. The number of aromatic nitrogens is 2. The molecule has 190 valence electrons. The second kappa shape index (κ2) is 8.81. The fourth-order valence-corrected chi connectivity index (χ4v) is 4.39. The molecule has 0 saturated carbocycles. The van der Waals surface area contributed by atoms with Crippen LogP contribution >= 0.6 is 11.6 Å². The Bertz CT molecular complexity index is 1350. The molecule has 1 aliphatic carbocycles. The molecule has 36 heavy (non-hydrogen) atoms. The summed E-state index contributed by atoms with van der Waals surface area (Å²) in [6, 6.07) is 10.9. The van der Waals surface area contributed by atoms with E-state index in [1.54, 1.807) is 24.3 Å². The van der Waals surface area contributed by atoms with Crippen LogP contribution in [0.25, 0.3) is 17.0 Å². The van der Waals surface area contributed by atoms with Crippen molar-refractivity contribution in [3.05, 3.63) is 94.8 Å². The monoisotopic (exact) mass is 526 g/mol. The maximum atomic E-state index is 14.8. The fourth-order valence-electron chi connectivity index (χ4n) is 4.14. The van der Waals surface area contributed by atoms with Gasteiger partial charge in [0, 0.05) is 23.2 Å². The lowest BCUT2D eigenvalue weighted by molar-refractivity contribution is -0.196. The summed E-state index contributed by atoms with van der Waals surface area (Å²) >= 11 is 6.21. The van der Waals surface area contributed by atoms with Crippen molar-refractivity contribution in [2.45, 2.75) is 43.8 Å². The number of halogens is 7. The maximum Gasteiger partial charge on any atom is 0.417 e. The number of benzene rings is 2. The zero-order chi connectivity index (χ0) is 26.5. The summed E-state index contributed by atoms with van der Waals surface area (Å²) in [6.45, 7) is 2.59. The lowest BCUT2D eigenvalue weighted by Gasteiger charge is -2.37. The van der Waals surface area contributed by atoms with Gasteiger partial charge >= 0.3 is 12.4 Å². The van der Waals surface area contributed by atoms with Crippen LogP contribution in [0, 0.1) is 0 Å². The van der Waals surface area contributed by atoms with E-state index < -0.39 is 46.9 Å². The first-order valence-corrected chi connectivity index (χ1v) is 11.2. The molecule has 1 N–H and O–H groups in total. The van der Waals surface area contributed by atoms with E-state index in [1.807, 2.05) is 0 Å². The van der Waals surface area contributed by atoms with Gasteiger partial charge in [-0.05, 0) is 43.2 Å². The Kier molecular flexibility index (Phi) is 6.37. The van der Waals surface area contributed by atoms with Crippen molar-refractivity contribution in [3.63, 3.8) is 0 Å². The predicted molar refractivity (Wildman–Crippen MR) is 125 cm³/mol. The molecule has 4 rings (SSSR count). The minimum Gasteiger partial charge on any atom is -0.384 e. The number of hydrogen-bond donors (Lipinski definition) is 1. The molecular formula is C26H21ClF6N2O. The summed E-state index contributed by atoms with van der Waals surface area (Å²) in [7, 11) is 0. The van der Waals surface area contributed by atoms with Gasteiger partial charge in [0.25, 0.3) is 0 Å². The Labute approximate surface area is 208 Å². The molecule has 1 aromatic heterocycles. The minimum atomic E-state index is -4.93. The van der Waals surface area contributed by atoms with Crippen LogP contribution in [0.3, 0.4) is 0 Å². The maximum absolute atomic E-state index is 14.8. The average molecular weight is 527 g/mol. The van der Waals surface area contributed by atoms with E-state index in [2.05, 4.69) is 4.98 Å². The summed E-state index contributed by atoms with van der Waals surface area (Å²) in [6.07, 6.45) is -5.93. The van der Waals surface area contributed by atoms with Crippen molar-refractivity contribution in [3.8, 4) is 11.4 Å². The number of imidazole rings is 1. The van der Waals surface area contributed by atoms with Crippen molar-refractivity contribution < 1.29 is 31.4 Å². The fraction of sp³-hybridized carbons (Fsp3) is 0.269.